The van der Waals surface area contributed by atoms with E-state index in [0.717, 1.165) is 25.0 Å². The molecule has 0 aromatic heterocycles. The zero-order chi connectivity index (χ0) is 23.4. The second-order valence-electron chi connectivity index (χ2n) is 8.64. The molecule has 1 fully saturated rings. The second-order valence-corrected chi connectivity index (χ2v) is 8.64. The zero-order valence-electron chi connectivity index (χ0n) is 19.1. The van der Waals surface area contributed by atoms with Gasteiger partial charge in [-0.3, -0.25) is 9.59 Å². The molecule has 180 valence electrons. The van der Waals surface area contributed by atoms with E-state index in [1.807, 2.05) is 0 Å². The van der Waals surface area contributed by atoms with Crippen LogP contribution in [0, 0.1) is 5.92 Å². The molecule has 7 heteroatoms. The van der Waals surface area contributed by atoms with E-state index in [9.17, 15) is 22.8 Å². The van der Waals surface area contributed by atoms with E-state index in [1.54, 1.807) is 0 Å². The second kappa shape index (κ2) is 13.5. The molecule has 0 radical (unpaired) electrons. The molecule has 1 saturated heterocycles. The maximum atomic E-state index is 12.9. The van der Waals surface area contributed by atoms with Gasteiger partial charge >= 0.3 is 12.1 Å². The summed E-state index contributed by atoms with van der Waals surface area (Å²) < 4.78 is 44.1. The van der Waals surface area contributed by atoms with Gasteiger partial charge in [-0.15, -0.1) is 0 Å². The van der Waals surface area contributed by atoms with E-state index in [4.69, 9.17) is 4.74 Å². The number of piperidine rings is 1. The summed E-state index contributed by atoms with van der Waals surface area (Å²) in [7, 11) is 0. The Kier molecular flexibility index (Phi) is 11.0. The van der Waals surface area contributed by atoms with Gasteiger partial charge in [-0.2, -0.15) is 13.2 Å². The number of ether oxygens (including phenoxy) is 1. The minimum atomic E-state index is -4.48. The number of halogens is 3. The predicted octanol–water partition coefficient (Wildman–Crippen LogP) is 6.63. The molecule has 32 heavy (non-hydrogen) atoms. The molecule has 1 heterocycles. The van der Waals surface area contributed by atoms with Crippen LogP contribution in [0.1, 0.15) is 93.5 Å². The van der Waals surface area contributed by atoms with Crippen LogP contribution < -0.4 is 0 Å². The highest BCUT2D eigenvalue weighted by Gasteiger charge is 2.32. The van der Waals surface area contributed by atoms with Gasteiger partial charge in [-0.25, -0.2) is 0 Å². The number of hydrogen-bond acceptors (Lipinski definition) is 3. The van der Waals surface area contributed by atoms with Gasteiger partial charge in [0, 0.05) is 18.7 Å². The number of unbranched alkanes of at least 4 members (excludes halogenated alkanes) is 8. The standard InChI is InChI=1S/C25H36F3NO3/c1-2-3-4-5-6-7-8-9-10-18-32-24(31)20-14-16-29(17-15-20)23(30)21-12-11-13-22(19-21)25(26,27)28/h11-13,19-20H,2-10,14-18H2,1H3. The Morgan fingerprint density at radius 1 is 0.969 bits per heavy atom. The van der Waals surface area contributed by atoms with E-state index in [-0.39, 0.29) is 17.5 Å². The number of nitrogens with zero attached hydrogens (tertiary/aromatic N) is 1. The molecule has 0 atom stereocenters. The summed E-state index contributed by atoms with van der Waals surface area (Å²) >= 11 is 0. The maximum Gasteiger partial charge on any atom is 0.416 e. The van der Waals surface area contributed by atoms with E-state index in [1.165, 1.54) is 62.0 Å². The van der Waals surface area contributed by atoms with E-state index >= 15 is 0 Å². The summed E-state index contributed by atoms with van der Waals surface area (Å²) in [4.78, 5) is 26.4. The van der Waals surface area contributed by atoms with Gasteiger partial charge in [0.15, 0.2) is 0 Å². The Balaban J connectivity index is 1.63. The molecule has 0 N–H and O–H groups in total. The van der Waals surface area contributed by atoms with Crippen molar-refractivity contribution in [3.8, 4) is 0 Å². The summed E-state index contributed by atoms with van der Waals surface area (Å²) in [5.41, 5.74) is -0.815. The SMILES string of the molecule is CCCCCCCCCCCOC(=O)C1CCN(C(=O)c2cccc(C(F)(F)F)c2)CC1. The zero-order valence-corrected chi connectivity index (χ0v) is 19.1. The molecule has 1 aromatic carbocycles. The smallest absolute Gasteiger partial charge is 0.416 e. The number of carbonyl (C=O) groups excluding carboxylic acids is 2. The molecule has 1 amide bonds. The van der Waals surface area contributed by atoms with Gasteiger partial charge in [0.2, 0.25) is 0 Å². The molecule has 1 aromatic rings. The van der Waals surface area contributed by atoms with Gasteiger partial charge in [-0.05, 0) is 37.5 Å². The fourth-order valence-electron chi connectivity index (χ4n) is 4.03. The van der Waals surface area contributed by atoms with Crippen LogP contribution in [0.2, 0.25) is 0 Å². The van der Waals surface area contributed by atoms with Crippen molar-refractivity contribution < 1.29 is 27.5 Å². The largest absolute Gasteiger partial charge is 0.465 e. The van der Waals surface area contributed by atoms with Crippen molar-refractivity contribution in [3.63, 3.8) is 0 Å². The molecule has 0 saturated carbocycles. The van der Waals surface area contributed by atoms with Crippen LogP contribution >= 0.6 is 0 Å². The Labute approximate surface area is 189 Å². The minimum absolute atomic E-state index is 0.0196. The van der Waals surface area contributed by atoms with Crippen molar-refractivity contribution in [2.75, 3.05) is 19.7 Å². The fourth-order valence-corrected chi connectivity index (χ4v) is 4.03. The molecule has 0 unspecified atom stereocenters. The topological polar surface area (TPSA) is 46.6 Å². The van der Waals surface area contributed by atoms with Gasteiger partial charge in [-0.1, -0.05) is 64.4 Å². The average Bonchev–Trinajstić information content (AvgIpc) is 2.79. The van der Waals surface area contributed by atoms with Gasteiger partial charge in [0.05, 0.1) is 18.1 Å². The number of amides is 1. The molecular weight excluding hydrogens is 419 g/mol. The van der Waals surface area contributed by atoms with Crippen LogP contribution in [-0.2, 0) is 15.7 Å². The van der Waals surface area contributed by atoms with Crippen LogP contribution in [0.25, 0.3) is 0 Å². The van der Waals surface area contributed by atoms with E-state index < -0.39 is 17.6 Å². The van der Waals surface area contributed by atoms with Crippen molar-refractivity contribution in [2.24, 2.45) is 5.92 Å². The van der Waals surface area contributed by atoms with Crippen LogP contribution in [-0.4, -0.2) is 36.5 Å². The fraction of sp³-hybridized carbons (Fsp3) is 0.680. The number of likely N-dealkylation sites (tertiary alicyclic amines) is 1. The third kappa shape index (κ3) is 8.83. The lowest BCUT2D eigenvalue weighted by molar-refractivity contribution is -0.150. The molecular formula is C25H36F3NO3. The Bertz CT molecular complexity index is 713. The van der Waals surface area contributed by atoms with Crippen molar-refractivity contribution in [1.29, 1.82) is 0 Å². The summed E-state index contributed by atoms with van der Waals surface area (Å²) in [6, 6.07) is 4.47. The van der Waals surface area contributed by atoms with Gasteiger partial charge < -0.3 is 9.64 Å². The lowest BCUT2D eigenvalue weighted by Crippen LogP contribution is -2.40. The first-order valence-corrected chi connectivity index (χ1v) is 12.0. The lowest BCUT2D eigenvalue weighted by atomic mass is 9.96. The Morgan fingerprint density at radius 3 is 2.16 bits per heavy atom. The maximum absolute atomic E-state index is 12.9. The average molecular weight is 456 g/mol. The van der Waals surface area contributed by atoms with Crippen molar-refractivity contribution in [2.45, 2.75) is 83.7 Å². The number of rotatable bonds is 12. The first kappa shape index (κ1) is 26.2. The third-order valence-electron chi connectivity index (χ3n) is 6.04. The number of esters is 1. The number of benzene rings is 1. The van der Waals surface area contributed by atoms with Crippen LogP contribution in [0.4, 0.5) is 13.2 Å². The van der Waals surface area contributed by atoms with Crippen molar-refractivity contribution in [1.82, 2.24) is 4.90 Å². The molecule has 1 aliphatic heterocycles. The van der Waals surface area contributed by atoms with E-state index in [0.29, 0.717) is 32.5 Å². The quantitative estimate of drug-likeness (QED) is 0.262. The first-order valence-electron chi connectivity index (χ1n) is 12.0. The lowest BCUT2D eigenvalue weighted by Gasteiger charge is -2.31. The molecule has 0 aliphatic carbocycles. The number of carbonyl (C=O) groups is 2. The van der Waals surface area contributed by atoms with Gasteiger partial charge in [0.25, 0.3) is 5.91 Å². The molecule has 0 spiro atoms. The Hall–Kier alpha value is -2.05. The van der Waals surface area contributed by atoms with Crippen LogP contribution in [0.5, 0.6) is 0 Å². The molecule has 4 nitrogen and oxygen atoms in total. The highest BCUT2D eigenvalue weighted by Crippen LogP contribution is 2.30. The van der Waals surface area contributed by atoms with E-state index in [2.05, 4.69) is 6.92 Å². The summed E-state index contributed by atoms with van der Waals surface area (Å²) in [6.07, 6.45) is 7.26. The number of hydrogen-bond donors (Lipinski definition) is 0. The minimum Gasteiger partial charge on any atom is -0.465 e. The third-order valence-corrected chi connectivity index (χ3v) is 6.04. The number of alkyl halides is 3. The highest BCUT2D eigenvalue weighted by atomic mass is 19.4. The Morgan fingerprint density at radius 2 is 1.56 bits per heavy atom. The normalized spacial score (nSPS) is 15.1. The summed E-state index contributed by atoms with van der Waals surface area (Å²) in [5, 5.41) is 0. The first-order chi connectivity index (χ1) is 15.3. The van der Waals surface area contributed by atoms with Crippen LogP contribution in [0.15, 0.2) is 24.3 Å². The highest BCUT2D eigenvalue weighted by molar-refractivity contribution is 5.94. The van der Waals surface area contributed by atoms with Crippen molar-refractivity contribution in [3.05, 3.63) is 35.4 Å². The summed E-state index contributed by atoms with van der Waals surface area (Å²) in [6.45, 7) is 3.32. The molecule has 2 rings (SSSR count). The van der Waals surface area contributed by atoms with Crippen molar-refractivity contribution >= 4 is 11.9 Å². The monoisotopic (exact) mass is 455 g/mol. The molecule has 1 aliphatic rings. The summed E-state index contributed by atoms with van der Waals surface area (Å²) in [5.74, 6) is -0.910. The van der Waals surface area contributed by atoms with Gasteiger partial charge in [0.1, 0.15) is 0 Å². The predicted molar refractivity (Wildman–Crippen MR) is 118 cm³/mol. The van der Waals surface area contributed by atoms with Crippen LogP contribution in [0.3, 0.4) is 0 Å². The molecule has 0 bridgehead atoms.